The molecule has 2 aromatic heterocycles. The van der Waals surface area contributed by atoms with Gasteiger partial charge in [0.15, 0.2) is 0 Å². The predicted molar refractivity (Wildman–Crippen MR) is 130 cm³/mol. The summed E-state index contributed by atoms with van der Waals surface area (Å²) < 4.78 is 0. The Morgan fingerprint density at radius 1 is 0.889 bits per heavy atom. The molecule has 198 valence electrons. The van der Waals surface area contributed by atoms with Gasteiger partial charge in [0.25, 0.3) is 0 Å². The lowest BCUT2D eigenvalue weighted by molar-refractivity contribution is -0.144. The number of aromatic amines is 2. The molecule has 2 aromatic rings. The molecule has 13 nitrogen and oxygen atoms in total. The van der Waals surface area contributed by atoms with E-state index in [1.165, 1.54) is 18.9 Å². The number of carboxylic acid groups (broad SMARTS) is 1. The Morgan fingerprint density at radius 3 is 1.92 bits per heavy atom. The first-order chi connectivity index (χ1) is 17.0. The molecular weight excluding hydrogens is 468 g/mol. The lowest BCUT2D eigenvalue weighted by Gasteiger charge is -2.28. The van der Waals surface area contributed by atoms with Crippen LogP contribution in [0.2, 0.25) is 0 Å². The molecule has 13 heteroatoms. The molecule has 5 atom stereocenters. The number of nitrogens with two attached hydrogens (primary N) is 1. The number of H-pyrrole nitrogens is 2. The third kappa shape index (κ3) is 8.18. The van der Waals surface area contributed by atoms with Crippen LogP contribution in [0, 0.1) is 11.8 Å². The average molecular weight is 505 g/mol. The molecule has 36 heavy (non-hydrogen) atoms. The molecule has 0 fully saturated rings. The second-order valence-electron chi connectivity index (χ2n) is 9.17. The fourth-order valence-electron chi connectivity index (χ4n) is 3.55. The lowest BCUT2D eigenvalue weighted by Crippen LogP contribution is -2.59. The highest BCUT2D eigenvalue weighted by Crippen LogP contribution is 2.11. The summed E-state index contributed by atoms with van der Waals surface area (Å²) in [5.74, 6) is -3.60. The Labute approximate surface area is 209 Å². The Balaban J connectivity index is 2.15. The van der Waals surface area contributed by atoms with Gasteiger partial charge in [-0.2, -0.15) is 0 Å². The van der Waals surface area contributed by atoms with Crippen LogP contribution in [-0.4, -0.2) is 72.9 Å². The number of nitrogens with zero attached hydrogens (tertiary/aromatic N) is 2. The van der Waals surface area contributed by atoms with Gasteiger partial charge < -0.3 is 36.8 Å². The highest BCUT2D eigenvalue weighted by molar-refractivity contribution is 5.94. The summed E-state index contributed by atoms with van der Waals surface area (Å²) >= 11 is 0. The van der Waals surface area contributed by atoms with E-state index in [4.69, 9.17) is 5.73 Å². The van der Waals surface area contributed by atoms with Gasteiger partial charge in [0.2, 0.25) is 17.7 Å². The number of hydrogen-bond acceptors (Lipinski definition) is 7. The van der Waals surface area contributed by atoms with Crippen molar-refractivity contribution in [1.29, 1.82) is 0 Å². The number of carbonyl (C=O) groups is 4. The van der Waals surface area contributed by atoms with Crippen LogP contribution in [0.1, 0.15) is 45.5 Å². The first-order valence-electron chi connectivity index (χ1n) is 11.9. The first-order valence-corrected chi connectivity index (χ1v) is 11.9. The molecule has 0 radical (unpaired) electrons. The Morgan fingerprint density at radius 2 is 1.44 bits per heavy atom. The van der Waals surface area contributed by atoms with E-state index >= 15 is 0 Å². The quantitative estimate of drug-likeness (QED) is 0.178. The average Bonchev–Trinajstić information content (AvgIpc) is 3.53. The molecular formula is C23H36N8O5. The van der Waals surface area contributed by atoms with E-state index in [-0.39, 0.29) is 24.7 Å². The van der Waals surface area contributed by atoms with Crippen LogP contribution >= 0.6 is 0 Å². The number of carbonyl (C=O) groups excluding carboxylic acids is 3. The fraction of sp³-hybridized carbons (Fsp3) is 0.565. The van der Waals surface area contributed by atoms with Crippen molar-refractivity contribution in [3.8, 4) is 0 Å². The summed E-state index contributed by atoms with van der Waals surface area (Å²) in [6, 6.07) is -4.13. The summed E-state index contributed by atoms with van der Waals surface area (Å²) in [6.45, 7) is 7.01. The minimum Gasteiger partial charge on any atom is -0.480 e. The molecule has 3 amide bonds. The van der Waals surface area contributed by atoms with Crippen molar-refractivity contribution >= 4 is 23.7 Å². The molecule has 0 saturated heterocycles. The maximum Gasteiger partial charge on any atom is 0.326 e. The monoisotopic (exact) mass is 504 g/mol. The smallest absolute Gasteiger partial charge is 0.326 e. The summed E-state index contributed by atoms with van der Waals surface area (Å²) in [4.78, 5) is 64.3. The van der Waals surface area contributed by atoms with Gasteiger partial charge in [0, 0.05) is 36.6 Å². The molecule has 2 heterocycles. The van der Waals surface area contributed by atoms with E-state index in [0.717, 1.165) is 0 Å². The maximum absolute atomic E-state index is 13.3. The highest BCUT2D eigenvalue weighted by Gasteiger charge is 2.33. The first kappa shape index (κ1) is 28.5. The molecule has 0 aliphatic rings. The molecule has 0 aliphatic carbocycles. The van der Waals surface area contributed by atoms with Gasteiger partial charge in [-0.05, 0) is 11.8 Å². The van der Waals surface area contributed by atoms with Gasteiger partial charge in [0.1, 0.15) is 18.1 Å². The topological polar surface area (TPSA) is 208 Å². The third-order valence-corrected chi connectivity index (χ3v) is 5.97. The summed E-state index contributed by atoms with van der Waals surface area (Å²) in [6.07, 6.45) is 6.81. The zero-order chi connectivity index (χ0) is 26.8. The van der Waals surface area contributed by atoms with Gasteiger partial charge in [-0.25, -0.2) is 14.8 Å². The van der Waals surface area contributed by atoms with Crippen molar-refractivity contribution in [2.45, 2.75) is 71.1 Å². The van der Waals surface area contributed by atoms with E-state index in [0.29, 0.717) is 17.8 Å². The molecule has 0 spiro atoms. The summed E-state index contributed by atoms with van der Waals surface area (Å²) in [5.41, 5.74) is 7.27. The molecule has 2 rings (SSSR count). The van der Waals surface area contributed by atoms with Gasteiger partial charge in [-0.3, -0.25) is 14.4 Å². The standard InChI is InChI=1S/C23H36N8O5/c1-5-13(4)19(23(35)36)31-22(34)18(12(2)3)30-21(33)17(7-15-9-26-11-28-15)29-20(32)16(24)6-14-8-25-10-27-14/h8-13,16-19H,5-7,24H2,1-4H3,(H,25,27)(H,26,28)(H,29,32)(H,30,33)(H,31,34)(H,35,36). The fourth-order valence-corrected chi connectivity index (χ4v) is 3.55. The van der Waals surface area contributed by atoms with Crippen LogP contribution in [0.4, 0.5) is 0 Å². The van der Waals surface area contributed by atoms with Crippen molar-refractivity contribution in [3.05, 3.63) is 36.4 Å². The van der Waals surface area contributed by atoms with E-state index in [2.05, 4.69) is 35.9 Å². The number of aromatic nitrogens is 4. The molecule has 0 aliphatic heterocycles. The zero-order valence-corrected chi connectivity index (χ0v) is 20.9. The Kier molecular flexibility index (Phi) is 10.6. The van der Waals surface area contributed by atoms with E-state index in [1.807, 2.05) is 6.92 Å². The Bertz CT molecular complexity index is 992. The van der Waals surface area contributed by atoms with Crippen LogP contribution in [-0.2, 0) is 32.0 Å². The normalized spacial score (nSPS) is 15.4. The number of hydrogen-bond donors (Lipinski definition) is 7. The van der Waals surface area contributed by atoms with E-state index in [9.17, 15) is 24.3 Å². The van der Waals surface area contributed by atoms with Gasteiger partial charge in [-0.15, -0.1) is 0 Å². The van der Waals surface area contributed by atoms with Crippen molar-refractivity contribution < 1.29 is 24.3 Å². The number of nitrogens with one attached hydrogen (secondary N) is 5. The third-order valence-electron chi connectivity index (χ3n) is 5.97. The number of aliphatic carboxylic acids is 1. The van der Waals surface area contributed by atoms with Crippen LogP contribution in [0.25, 0.3) is 0 Å². The minimum absolute atomic E-state index is 0.0748. The van der Waals surface area contributed by atoms with Crippen LogP contribution in [0.5, 0.6) is 0 Å². The van der Waals surface area contributed by atoms with Crippen molar-refractivity contribution in [2.24, 2.45) is 17.6 Å². The highest BCUT2D eigenvalue weighted by atomic mass is 16.4. The van der Waals surface area contributed by atoms with Gasteiger partial charge >= 0.3 is 5.97 Å². The summed E-state index contributed by atoms with van der Waals surface area (Å²) in [5, 5.41) is 17.4. The second-order valence-corrected chi connectivity index (χ2v) is 9.17. The van der Waals surface area contributed by atoms with Crippen molar-refractivity contribution in [1.82, 2.24) is 35.9 Å². The molecule has 0 bridgehead atoms. The number of rotatable bonds is 14. The van der Waals surface area contributed by atoms with Gasteiger partial charge in [0.05, 0.1) is 18.7 Å². The predicted octanol–water partition coefficient (Wildman–Crippen LogP) is -0.514. The van der Waals surface area contributed by atoms with Gasteiger partial charge in [-0.1, -0.05) is 34.1 Å². The number of amides is 3. The molecule has 5 unspecified atom stereocenters. The van der Waals surface area contributed by atoms with Crippen LogP contribution < -0.4 is 21.7 Å². The van der Waals surface area contributed by atoms with Crippen molar-refractivity contribution in [3.63, 3.8) is 0 Å². The minimum atomic E-state index is -1.15. The number of carboxylic acids is 1. The van der Waals surface area contributed by atoms with E-state index < -0.39 is 47.9 Å². The zero-order valence-electron chi connectivity index (χ0n) is 20.9. The molecule has 0 aromatic carbocycles. The van der Waals surface area contributed by atoms with Crippen molar-refractivity contribution in [2.75, 3.05) is 0 Å². The molecule has 8 N–H and O–H groups in total. The maximum atomic E-state index is 13.3. The van der Waals surface area contributed by atoms with Crippen LogP contribution in [0.3, 0.4) is 0 Å². The summed E-state index contributed by atoms with van der Waals surface area (Å²) in [7, 11) is 0. The number of imidazole rings is 2. The SMILES string of the molecule is CCC(C)C(NC(=O)C(NC(=O)C(Cc1cnc[nH]1)NC(=O)C(N)Cc1cnc[nH]1)C(C)C)C(=O)O. The second kappa shape index (κ2) is 13.4. The van der Waals surface area contributed by atoms with Crippen LogP contribution in [0.15, 0.2) is 25.0 Å². The lowest BCUT2D eigenvalue weighted by atomic mass is 9.97. The van der Waals surface area contributed by atoms with E-state index in [1.54, 1.807) is 27.0 Å². The molecule has 0 saturated carbocycles. The Hall–Kier alpha value is -3.74. The largest absolute Gasteiger partial charge is 0.480 e.